The molecular formula is C25H35N5O. The van der Waals surface area contributed by atoms with Crippen molar-refractivity contribution in [2.75, 3.05) is 6.54 Å². The highest BCUT2D eigenvalue weighted by Crippen LogP contribution is 2.34. The Morgan fingerprint density at radius 1 is 1.13 bits per heavy atom. The van der Waals surface area contributed by atoms with Gasteiger partial charge in [0.05, 0.1) is 6.04 Å². The molecule has 3 aromatic rings. The standard InChI is InChI=1S/C25H35N5O/c1-2-3-4-5-6-7-8-14-29-16-13-20-17-19(11-12-22(20)29)21-18-24(31-28-21)23-10-9-15-30(23)25(26)27/h11-13,16-18,23H,2-10,14-15H2,1H3,(H3,26,27)/t23-/m0/s1. The van der Waals surface area contributed by atoms with Gasteiger partial charge in [0.15, 0.2) is 11.7 Å². The van der Waals surface area contributed by atoms with Crippen molar-refractivity contribution in [2.45, 2.75) is 77.3 Å². The number of rotatable bonds is 10. The van der Waals surface area contributed by atoms with Crippen LogP contribution in [-0.2, 0) is 6.54 Å². The Morgan fingerprint density at radius 3 is 2.74 bits per heavy atom. The molecule has 4 rings (SSSR count). The molecule has 1 atom stereocenters. The van der Waals surface area contributed by atoms with Gasteiger partial charge in [-0.05, 0) is 37.5 Å². The zero-order valence-corrected chi connectivity index (χ0v) is 18.6. The van der Waals surface area contributed by atoms with Gasteiger partial charge in [0.1, 0.15) is 5.69 Å². The molecule has 6 heteroatoms. The van der Waals surface area contributed by atoms with E-state index in [2.05, 4.69) is 47.1 Å². The number of likely N-dealkylation sites (tertiary alicyclic amines) is 1. The van der Waals surface area contributed by atoms with Crippen LogP contribution in [0.1, 0.15) is 76.5 Å². The number of nitrogens with zero attached hydrogens (tertiary/aromatic N) is 3. The largest absolute Gasteiger partial charge is 0.370 e. The monoisotopic (exact) mass is 421 g/mol. The van der Waals surface area contributed by atoms with Crippen LogP contribution in [0, 0.1) is 5.41 Å². The molecule has 0 amide bonds. The number of benzene rings is 1. The molecule has 3 N–H and O–H groups in total. The summed E-state index contributed by atoms with van der Waals surface area (Å²) in [6, 6.07) is 10.7. The molecule has 6 nitrogen and oxygen atoms in total. The van der Waals surface area contributed by atoms with Crippen LogP contribution in [0.3, 0.4) is 0 Å². The molecular weight excluding hydrogens is 386 g/mol. The Morgan fingerprint density at radius 2 is 1.94 bits per heavy atom. The summed E-state index contributed by atoms with van der Waals surface area (Å²) in [7, 11) is 0. The van der Waals surface area contributed by atoms with Gasteiger partial charge in [-0.3, -0.25) is 5.41 Å². The quantitative estimate of drug-likeness (QED) is 0.236. The summed E-state index contributed by atoms with van der Waals surface area (Å²) in [4.78, 5) is 1.89. The van der Waals surface area contributed by atoms with E-state index in [1.165, 1.54) is 55.8 Å². The fourth-order valence-electron chi connectivity index (χ4n) is 4.73. The van der Waals surface area contributed by atoms with Crippen LogP contribution in [0.15, 0.2) is 41.1 Å². The molecule has 2 aromatic heterocycles. The maximum atomic E-state index is 7.77. The number of fused-ring (bicyclic) bond motifs is 1. The fourth-order valence-corrected chi connectivity index (χ4v) is 4.73. The first-order valence-electron chi connectivity index (χ1n) is 11.8. The lowest BCUT2D eigenvalue weighted by atomic mass is 10.1. The summed E-state index contributed by atoms with van der Waals surface area (Å²) in [5, 5.41) is 13.3. The van der Waals surface area contributed by atoms with Crippen molar-refractivity contribution in [2.24, 2.45) is 5.73 Å². The Bertz CT molecular complexity index is 1000. The Kier molecular flexibility index (Phi) is 6.95. The second-order valence-corrected chi connectivity index (χ2v) is 8.76. The number of aromatic nitrogens is 2. The minimum atomic E-state index is 0.0190. The average Bonchev–Trinajstić information content (AvgIpc) is 3.51. The van der Waals surface area contributed by atoms with Crippen LogP contribution in [0.2, 0.25) is 0 Å². The first kappa shape index (κ1) is 21.5. The summed E-state index contributed by atoms with van der Waals surface area (Å²) in [5.41, 5.74) is 8.90. The van der Waals surface area contributed by atoms with E-state index in [4.69, 9.17) is 15.7 Å². The van der Waals surface area contributed by atoms with Gasteiger partial charge in [-0.15, -0.1) is 0 Å². The van der Waals surface area contributed by atoms with Gasteiger partial charge >= 0.3 is 0 Å². The molecule has 1 aromatic carbocycles. The highest BCUT2D eigenvalue weighted by molar-refractivity contribution is 5.85. The van der Waals surface area contributed by atoms with Gasteiger partial charge in [0.2, 0.25) is 0 Å². The molecule has 0 unspecified atom stereocenters. The predicted octanol–water partition coefficient (Wildman–Crippen LogP) is 6.08. The van der Waals surface area contributed by atoms with E-state index < -0.39 is 0 Å². The van der Waals surface area contributed by atoms with E-state index in [1.54, 1.807) is 0 Å². The van der Waals surface area contributed by atoms with Gasteiger partial charge in [-0.2, -0.15) is 0 Å². The van der Waals surface area contributed by atoms with E-state index in [0.29, 0.717) is 0 Å². The molecule has 1 aliphatic rings. The first-order chi connectivity index (χ1) is 15.2. The zero-order valence-electron chi connectivity index (χ0n) is 18.6. The summed E-state index contributed by atoms with van der Waals surface area (Å²) in [6.07, 6.45) is 13.5. The van der Waals surface area contributed by atoms with Gasteiger partial charge in [0, 0.05) is 41.8 Å². The van der Waals surface area contributed by atoms with Gasteiger partial charge < -0.3 is 19.7 Å². The topological polar surface area (TPSA) is 84.1 Å². The summed E-state index contributed by atoms with van der Waals surface area (Å²) >= 11 is 0. The van der Waals surface area contributed by atoms with Gasteiger partial charge in [-0.1, -0.05) is 56.7 Å². The zero-order chi connectivity index (χ0) is 21.6. The molecule has 1 fully saturated rings. The first-order valence-corrected chi connectivity index (χ1v) is 11.8. The minimum absolute atomic E-state index is 0.0190. The fraction of sp³-hybridized carbons (Fsp3) is 0.520. The predicted molar refractivity (Wildman–Crippen MR) is 126 cm³/mol. The lowest BCUT2D eigenvalue weighted by Gasteiger charge is -2.21. The molecule has 0 radical (unpaired) electrons. The van der Waals surface area contributed by atoms with E-state index in [1.807, 2.05) is 11.0 Å². The van der Waals surface area contributed by atoms with Crippen molar-refractivity contribution in [3.63, 3.8) is 0 Å². The lowest BCUT2D eigenvalue weighted by Crippen LogP contribution is -2.35. The van der Waals surface area contributed by atoms with E-state index in [0.717, 1.165) is 42.9 Å². The van der Waals surface area contributed by atoms with Crippen LogP contribution < -0.4 is 5.73 Å². The SMILES string of the molecule is CCCCCCCCCn1ccc2cc(-c3cc([C@@H]4CCCN4C(=N)N)on3)ccc21. The number of aryl methyl sites for hydroxylation is 1. The molecule has 3 heterocycles. The second kappa shape index (κ2) is 10.0. The molecule has 1 saturated heterocycles. The second-order valence-electron chi connectivity index (χ2n) is 8.76. The van der Waals surface area contributed by atoms with Crippen molar-refractivity contribution < 1.29 is 4.52 Å². The van der Waals surface area contributed by atoms with Crippen LogP contribution in [0.25, 0.3) is 22.2 Å². The van der Waals surface area contributed by atoms with Crippen molar-refractivity contribution >= 4 is 16.9 Å². The molecule has 166 valence electrons. The Balaban J connectivity index is 1.39. The van der Waals surface area contributed by atoms with Crippen molar-refractivity contribution in [3.8, 4) is 11.3 Å². The minimum Gasteiger partial charge on any atom is -0.370 e. The summed E-state index contributed by atoms with van der Waals surface area (Å²) in [6.45, 7) is 4.14. The lowest BCUT2D eigenvalue weighted by molar-refractivity contribution is 0.291. The van der Waals surface area contributed by atoms with Crippen molar-refractivity contribution in [1.29, 1.82) is 5.41 Å². The van der Waals surface area contributed by atoms with E-state index >= 15 is 0 Å². The number of unbranched alkanes of at least 4 members (excludes halogenated alkanes) is 6. The van der Waals surface area contributed by atoms with E-state index in [9.17, 15) is 0 Å². The van der Waals surface area contributed by atoms with Gasteiger partial charge in [-0.25, -0.2) is 0 Å². The highest BCUT2D eigenvalue weighted by atomic mass is 16.5. The smallest absolute Gasteiger partial charge is 0.189 e. The van der Waals surface area contributed by atoms with Crippen molar-refractivity contribution in [3.05, 3.63) is 42.3 Å². The Labute approximate surface area is 184 Å². The molecule has 31 heavy (non-hydrogen) atoms. The molecule has 1 aliphatic heterocycles. The number of hydrogen-bond acceptors (Lipinski definition) is 3. The Hall–Kier alpha value is -2.76. The normalized spacial score (nSPS) is 16.4. The average molecular weight is 422 g/mol. The molecule has 0 saturated carbocycles. The maximum absolute atomic E-state index is 7.77. The van der Waals surface area contributed by atoms with E-state index in [-0.39, 0.29) is 12.0 Å². The van der Waals surface area contributed by atoms with Gasteiger partial charge in [0.25, 0.3) is 0 Å². The summed E-state index contributed by atoms with van der Waals surface area (Å²) in [5.74, 6) is 0.892. The third kappa shape index (κ3) is 4.94. The number of nitrogens with one attached hydrogen (secondary N) is 1. The van der Waals surface area contributed by atoms with Crippen LogP contribution in [-0.4, -0.2) is 27.1 Å². The summed E-state index contributed by atoms with van der Waals surface area (Å²) < 4.78 is 8.02. The molecule has 0 spiro atoms. The molecule has 0 aliphatic carbocycles. The van der Waals surface area contributed by atoms with Crippen LogP contribution in [0.5, 0.6) is 0 Å². The number of nitrogens with two attached hydrogens (primary N) is 1. The van der Waals surface area contributed by atoms with Crippen LogP contribution in [0.4, 0.5) is 0 Å². The maximum Gasteiger partial charge on any atom is 0.189 e. The molecule has 0 bridgehead atoms. The highest BCUT2D eigenvalue weighted by Gasteiger charge is 2.30. The third-order valence-corrected chi connectivity index (χ3v) is 6.49. The number of hydrogen-bond donors (Lipinski definition) is 2. The number of guanidine groups is 1. The van der Waals surface area contributed by atoms with Crippen LogP contribution >= 0.6 is 0 Å². The van der Waals surface area contributed by atoms with Crippen molar-refractivity contribution in [1.82, 2.24) is 14.6 Å². The third-order valence-electron chi connectivity index (χ3n) is 6.49.